The number of unbranched alkanes of at least 4 members (excludes halogenated alkanes) is 1. The van der Waals surface area contributed by atoms with E-state index in [1.165, 1.54) is 23.1 Å². The zero-order chi connectivity index (χ0) is 21.1. The van der Waals surface area contributed by atoms with E-state index in [0.29, 0.717) is 37.0 Å². The van der Waals surface area contributed by atoms with Gasteiger partial charge in [-0.15, -0.1) is 0 Å². The van der Waals surface area contributed by atoms with Crippen LogP contribution in [0.3, 0.4) is 0 Å². The van der Waals surface area contributed by atoms with Gasteiger partial charge in [-0.2, -0.15) is 0 Å². The van der Waals surface area contributed by atoms with Crippen LogP contribution in [0.2, 0.25) is 0 Å². The monoisotopic (exact) mass is 400 g/mol. The normalized spacial score (nSPS) is 21.3. The van der Waals surface area contributed by atoms with Gasteiger partial charge < -0.3 is 9.64 Å². The molecule has 29 heavy (non-hydrogen) atoms. The van der Waals surface area contributed by atoms with Crippen molar-refractivity contribution in [3.05, 3.63) is 34.9 Å². The summed E-state index contributed by atoms with van der Waals surface area (Å²) in [7, 11) is 0. The number of nitrogens with zero attached hydrogens (tertiary/aromatic N) is 2. The molecule has 3 rings (SSSR count). The SMILES string of the molecule is CCCCN1C(=O)c2ccc(C(=O)OCC(=O)N3C[C@H](C)C[C@@H](C)C3)cc2C1=O. The smallest absolute Gasteiger partial charge is 0.338 e. The molecule has 2 aliphatic heterocycles. The standard InChI is InChI=1S/C22H28N2O5/c1-4-5-8-24-20(26)17-7-6-16(10-18(17)21(24)27)22(28)29-13-19(25)23-11-14(2)9-15(3)12-23/h6-7,10,14-15H,4-5,8-9,11-13H2,1-3H3/t14-,15-/m1/s1. The molecule has 2 aliphatic rings. The molecule has 0 saturated carbocycles. The van der Waals surface area contributed by atoms with Gasteiger partial charge in [0.1, 0.15) is 0 Å². The Balaban J connectivity index is 1.63. The fourth-order valence-electron chi connectivity index (χ4n) is 4.11. The summed E-state index contributed by atoms with van der Waals surface area (Å²) in [6.45, 7) is 7.57. The van der Waals surface area contributed by atoms with Gasteiger partial charge >= 0.3 is 5.97 Å². The van der Waals surface area contributed by atoms with Crippen LogP contribution in [0.15, 0.2) is 18.2 Å². The molecule has 3 amide bonds. The highest BCUT2D eigenvalue weighted by Crippen LogP contribution is 2.25. The van der Waals surface area contributed by atoms with Gasteiger partial charge in [0, 0.05) is 19.6 Å². The van der Waals surface area contributed by atoms with E-state index < -0.39 is 5.97 Å². The molecule has 1 saturated heterocycles. The predicted octanol–water partition coefficient (Wildman–Crippen LogP) is 2.74. The molecule has 1 aromatic carbocycles. The van der Waals surface area contributed by atoms with Crippen LogP contribution in [0, 0.1) is 11.8 Å². The second-order valence-corrected chi connectivity index (χ2v) is 8.20. The van der Waals surface area contributed by atoms with Gasteiger partial charge in [0.25, 0.3) is 17.7 Å². The third-order valence-electron chi connectivity index (χ3n) is 5.49. The first-order chi connectivity index (χ1) is 13.8. The number of benzene rings is 1. The largest absolute Gasteiger partial charge is 0.452 e. The van der Waals surface area contributed by atoms with Crippen molar-refractivity contribution < 1.29 is 23.9 Å². The summed E-state index contributed by atoms with van der Waals surface area (Å²) in [4.78, 5) is 52.6. The number of esters is 1. The number of amides is 3. The van der Waals surface area contributed by atoms with E-state index in [2.05, 4.69) is 13.8 Å². The predicted molar refractivity (Wildman–Crippen MR) is 107 cm³/mol. The van der Waals surface area contributed by atoms with Crippen LogP contribution in [-0.4, -0.2) is 59.7 Å². The summed E-state index contributed by atoms with van der Waals surface area (Å²) < 4.78 is 5.19. The van der Waals surface area contributed by atoms with Crippen LogP contribution in [0.4, 0.5) is 0 Å². The first kappa shape index (κ1) is 21.0. The number of carbonyl (C=O) groups excluding carboxylic acids is 4. The van der Waals surface area contributed by atoms with Crippen LogP contribution in [0.5, 0.6) is 0 Å². The Hall–Kier alpha value is -2.70. The molecule has 7 nitrogen and oxygen atoms in total. The minimum atomic E-state index is -0.675. The van der Waals surface area contributed by atoms with Crippen molar-refractivity contribution in [3.63, 3.8) is 0 Å². The van der Waals surface area contributed by atoms with Crippen LogP contribution >= 0.6 is 0 Å². The third kappa shape index (κ3) is 4.49. The Kier molecular flexibility index (Phi) is 6.35. The van der Waals surface area contributed by atoms with Crippen LogP contribution in [-0.2, 0) is 9.53 Å². The lowest BCUT2D eigenvalue weighted by atomic mass is 9.92. The number of rotatable bonds is 6. The van der Waals surface area contributed by atoms with Gasteiger partial charge in [0.05, 0.1) is 16.7 Å². The maximum Gasteiger partial charge on any atom is 0.338 e. The molecule has 0 aromatic heterocycles. The first-order valence-corrected chi connectivity index (χ1v) is 10.3. The van der Waals surface area contributed by atoms with Crippen molar-refractivity contribution in [3.8, 4) is 0 Å². The van der Waals surface area contributed by atoms with Crippen molar-refractivity contribution in [2.45, 2.75) is 40.0 Å². The summed E-state index contributed by atoms with van der Waals surface area (Å²) in [6.07, 6.45) is 2.69. The second kappa shape index (κ2) is 8.76. The highest BCUT2D eigenvalue weighted by Gasteiger charge is 2.35. The molecule has 0 bridgehead atoms. The molecule has 156 valence electrons. The highest BCUT2D eigenvalue weighted by molar-refractivity contribution is 6.21. The summed E-state index contributed by atoms with van der Waals surface area (Å²) in [5, 5.41) is 0. The lowest BCUT2D eigenvalue weighted by molar-refractivity contribution is -0.137. The zero-order valence-corrected chi connectivity index (χ0v) is 17.3. The summed E-state index contributed by atoms with van der Waals surface area (Å²) in [6, 6.07) is 4.33. The van der Waals surface area contributed by atoms with E-state index >= 15 is 0 Å². The molecule has 0 aliphatic carbocycles. The Labute approximate surface area is 171 Å². The first-order valence-electron chi connectivity index (χ1n) is 10.3. The number of hydrogen-bond acceptors (Lipinski definition) is 5. The van der Waals surface area contributed by atoms with Crippen molar-refractivity contribution in [1.82, 2.24) is 9.80 Å². The number of carbonyl (C=O) groups is 4. The molecular formula is C22H28N2O5. The van der Waals surface area contributed by atoms with Gasteiger partial charge in [-0.3, -0.25) is 19.3 Å². The van der Waals surface area contributed by atoms with Gasteiger partial charge in [0.15, 0.2) is 6.61 Å². The number of piperidine rings is 1. The lowest BCUT2D eigenvalue weighted by Crippen LogP contribution is -2.44. The third-order valence-corrected chi connectivity index (χ3v) is 5.49. The number of imide groups is 1. The molecule has 0 N–H and O–H groups in total. The molecule has 0 unspecified atom stereocenters. The Morgan fingerprint density at radius 3 is 2.38 bits per heavy atom. The van der Waals surface area contributed by atoms with Crippen molar-refractivity contribution >= 4 is 23.7 Å². The molecule has 0 spiro atoms. The average Bonchev–Trinajstić information content (AvgIpc) is 2.93. The number of likely N-dealkylation sites (tertiary alicyclic amines) is 1. The molecule has 0 radical (unpaired) electrons. The molecule has 2 atom stereocenters. The number of fused-ring (bicyclic) bond motifs is 1. The number of ether oxygens (including phenoxy) is 1. The van der Waals surface area contributed by atoms with Crippen LogP contribution in [0.1, 0.15) is 71.1 Å². The Bertz CT molecular complexity index is 824. The molecule has 1 fully saturated rings. The second-order valence-electron chi connectivity index (χ2n) is 8.20. The Morgan fingerprint density at radius 2 is 1.72 bits per heavy atom. The van der Waals surface area contributed by atoms with Gasteiger partial charge in [0.2, 0.25) is 0 Å². The Morgan fingerprint density at radius 1 is 1.07 bits per heavy atom. The fourth-order valence-corrected chi connectivity index (χ4v) is 4.11. The average molecular weight is 400 g/mol. The van der Waals surface area contributed by atoms with Crippen molar-refractivity contribution in [2.24, 2.45) is 11.8 Å². The van der Waals surface area contributed by atoms with Crippen molar-refractivity contribution in [1.29, 1.82) is 0 Å². The zero-order valence-electron chi connectivity index (χ0n) is 17.3. The summed E-state index contributed by atoms with van der Waals surface area (Å²) >= 11 is 0. The topological polar surface area (TPSA) is 84.0 Å². The number of hydrogen-bond donors (Lipinski definition) is 0. The van der Waals surface area contributed by atoms with Gasteiger partial charge in [-0.05, 0) is 42.9 Å². The maximum atomic E-state index is 12.5. The van der Waals surface area contributed by atoms with E-state index in [1.807, 2.05) is 6.92 Å². The van der Waals surface area contributed by atoms with E-state index in [9.17, 15) is 19.2 Å². The maximum absolute atomic E-state index is 12.5. The van der Waals surface area contributed by atoms with Gasteiger partial charge in [-0.1, -0.05) is 27.2 Å². The molecule has 7 heteroatoms. The minimum Gasteiger partial charge on any atom is -0.452 e. The highest BCUT2D eigenvalue weighted by atomic mass is 16.5. The lowest BCUT2D eigenvalue weighted by Gasteiger charge is -2.34. The summed E-state index contributed by atoms with van der Waals surface area (Å²) in [5.74, 6) is -0.757. The van der Waals surface area contributed by atoms with E-state index in [4.69, 9.17) is 4.74 Å². The van der Waals surface area contributed by atoms with Crippen LogP contribution < -0.4 is 0 Å². The van der Waals surface area contributed by atoms with E-state index in [1.54, 1.807) is 4.90 Å². The molecular weight excluding hydrogens is 372 g/mol. The molecule has 2 heterocycles. The van der Waals surface area contributed by atoms with Crippen molar-refractivity contribution in [2.75, 3.05) is 26.2 Å². The van der Waals surface area contributed by atoms with Gasteiger partial charge in [-0.25, -0.2) is 4.79 Å². The minimum absolute atomic E-state index is 0.162. The quantitative estimate of drug-likeness (QED) is 0.542. The molecule has 1 aromatic rings. The fraction of sp³-hybridized carbons (Fsp3) is 0.545. The van der Waals surface area contributed by atoms with Crippen LogP contribution in [0.25, 0.3) is 0 Å². The van der Waals surface area contributed by atoms with E-state index in [0.717, 1.165) is 19.3 Å². The summed E-state index contributed by atoms with van der Waals surface area (Å²) in [5.41, 5.74) is 0.677. The van der Waals surface area contributed by atoms with E-state index in [-0.39, 0.29) is 35.5 Å².